The SMILES string of the molecule is CC(C)(C(=O)NCC1CC2(CO1)CN(c1ncccn1)C2)n1cnnn1. The van der Waals surface area contributed by atoms with Crippen molar-refractivity contribution in [3.05, 3.63) is 24.8 Å². The van der Waals surface area contributed by atoms with E-state index in [0.29, 0.717) is 13.2 Å². The van der Waals surface area contributed by atoms with Crippen molar-refractivity contribution >= 4 is 11.9 Å². The lowest BCUT2D eigenvalue weighted by molar-refractivity contribution is -0.129. The van der Waals surface area contributed by atoms with Crippen LogP contribution in [0.2, 0.25) is 0 Å². The van der Waals surface area contributed by atoms with Crippen LogP contribution < -0.4 is 10.2 Å². The zero-order valence-corrected chi connectivity index (χ0v) is 14.9. The first-order chi connectivity index (χ1) is 12.5. The minimum absolute atomic E-state index is 0.0162. The maximum Gasteiger partial charge on any atom is 0.247 e. The van der Waals surface area contributed by atoms with Gasteiger partial charge in [-0.1, -0.05) is 0 Å². The number of amides is 1. The lowest BCUT2D eigenvalue weighted by Crippen LogP contribution is -2.57. The molecule has 2 saturated heterocycles. The van der Waals surface area contributed by atoms with E-state index in [1.54, 1.807) is 26.2 Å². The van der Waals surface area contributed by atoms with Crippen LogP contribution in [0.3, 0.4) is 0 Å². The van der Waals surface area contributed by atoms with Gasteiger partial charge in [0, 0.05) is 37.4 Å². The molecule has 1 amide bonds. The second kappa shape index (κ2) is 6.27. The predicted octanol–water partition coefficient (Wildman–Crippen LogP) is -0.390. The highest BCUT2D eigenvalue weighted by atomic mass is 16.5. The maximum absolute atomic E-state index is 12.5. The van der Waals surface area contributed by atoms with Gasteiger partial charge in [0.1, 0.15) is 11.9 Å². The molecule has 1 unspecified atom stereocenters. The van der Waals surface area contributed by atoms with E-state index >= 15 is 0 Å². The largest absolute Gasteiger partial charge is 0.376 e. The van der Waals surface area contributed by atoms with Crippen LogP contribution in [-0.4, -0.2) is 68.4 Å². The molecule has 1 spiro atoms. The molecule has 138 valence electrons. The minimum atomic E-state index is -0.849. The smallest absolute Gasteiger partial charge is 0.247 e. The van der Waals surface area contributed by atoms with Gasteiger partial charge in [-0.15, -0.1) is 5.10 Å². The van der Waals surface area contributed by atoms with Crippen molar-refractivity contribution in [3.63, 3.8) is 0 Å². The number of anilines is 1. The molecule has 2 aromatic heterocycles. The number of carbonyl (C=O) groups is 1. The first-order valence-corrected chi connectivity index (χ1v) is 8.64. The summed E-state index contributed by atoms with van der Waals surface area (Å²) in [7, 11) is 0. The van der Waals surface area contributed by atoms with Gasteiger partial charge in [0.05, 0.1) is 12.7 Å². The van der Waals surface area contributed by atoms with Crippen molar-refractivity contribution in [2.24, 2.45) is 5.41 Å². The highest BCUT2D eigenvalue weighted by molar-refractivity contribution is 5.83. The van der Waals surface area contributed by atoms with Crippen LogP contribution in [0.1, 0.15) is 20.3 Å². The third-order valence-electron chi connectivity index (χ3n) is 5.14. The average Bonchev–Trinajstić information content (AvgIpc) is 3.29. The summed E-state index contributed by atoms with van der Waals surface area (Å²) in [6, 6.07) is 1.81. The lowest BCUT2D eigenvalue weighted by Gasteiger charge is -2.47. The van der Waals surface area contributed by atoms with E-state index < -0.39 is 5.54 Å². The Kier molecular flexibility index (Phi) is 4.06. The Balaban J connectivity index is 1.27. The topological polar surface area (TPSA) is 111 Å². The summed E-state index contributed by atoms with van der Waals surface area (Å²) in [4.78, 5) is 23.2. The fraction of sp³-hybridized carbons (Fsp3) is 0.625. The molecule has 10 nitrogen and oxygen atoms in total. The van der Waals surface area contributed by atoms with Crippen molar-refractivity contribution in [3.8, 4) is 0 Å². The fourth-order valence-electron chi connectivity index (χ4n) is 3.55. The van der Waals surface area contributed by atoms with Crippen LogP contribution in [-0.2, 0) is 15.1 Å². The predicted molar refractivity (Wildman–Crippen MR) is 91.2 cm³/mol. The van der Waals surface area contributed by atoms with Crippen molar-refractivity contribution < 1.29 is 9.53 Å². The molecular weight excluding hydrogens is 336 g/mol. The molecule has 10 heteroatoms. The summed E-state index contributed by atoms with van der Waals surface area (Å²) < 4.78 is 7.37. The summed E-state index contributed by atoms with van der Waals surface area (Å²) in [5.41, 5.74) is -0.711. The Labute approximate surface area is 150 Å². The van der Waals surface area contributed by atoms with E-state index in [2.05, 4.69) is 35.7 Å². The van der Waals surface area contributed by atoms with Crippen LogP contribution in [0.4, 0.5) is 5.95 Å². The molecule has 0 bridgehead atoms. The van der Waals surface area contributed by atoms with Gasteiger partial charge in [-0.3, -0.25) is 4.79 Å². The maximum atomic E-state index is 12.5. The van der Waals surface area contributed by atoms with Gasteiger partial charge in [-0.25, -0.2) is 14.6 Å². The summed E-state index contributed by atoms with van der Waals surface area (Å²) in [6.07, 6.45) is 5.88. The van der Waals surface area contributed by atoms with Crippen molar-refractivity contribution in [2.75, 3.05) is 31.1 Å². The Bertz CT molecular complexity index is 758. The number of tetrazole rings is 1. The van der Waals surface area contributed by atoms with Crippen molar-refractivity contribution in [1.82, 2.24) is 35.5 Å². The van der Waals surface area contributed by atoms with Crippen LogP contribution in [0.15, 0.2) is 24.8 Å². The standard InChI is InChI=1S/C16H22N8O2/c1-15(2,24-11-20-21-22-24)13(25)19-7-12-6-16(10-26-12)8-23(9-16)14-17-4-3-5-18-14/h3-5,11-12H,6-10H2,1-2H3,(H,19,25). The highest BCUT2D eigenvalue weighted by Gasteiger charge is 2.50. The molecule has 2 aromatic rings. The third kappa shape index (κ3) is 3.00. The van der Waals surface area contributed by atoms with Crippen LogP contribution in [0.25, 0.3) is 0 Å². The third-order valence-corrected chi connectivity index (χ3v) is 5.14. The van der Waals surface area contributed by atoms with E-state index in [1.807, 2.05) is 6.07 Å². The average molecular weight is 358 g/mol. The molecule has 0 aliphatic carbocycles. The zero-order valence-electron chi connectivity index (χ0n) is 14.9. The van der Waals surface area contributed by atoms with Gasteiger partial charge < -0.3 is 15.0 Å². The molecule has 4 heterocycles. The molecule has 4 rings (SSSR count). The van der Waals surface area contributed by atoms with Gasteiger partial charge in [-0.2, -0.15) is 0 Å². The second-order valence-electron chi connectivity index (χ2n) is 7.57. The lowest BCUT2D eigenvalue weighted by atomic mass is 9.78. The van der Waals surface area contributed by atoms with Crippen LogP contribution in [0.5, 0.6) is 0 Å². The van der Waals surface area contributed by atoms with E-state index in [-0.39, 0.29) is 17.4 Å². The number of rotatable bonds is 5. The normalized spacial score (nSPS) is 21.6. The number of nitrogens with zero attached hydrogens (tertiary/aromatic N) is 7. The van der Waals surface area contributed by atoms with Gasteiger partial charge in [0.25, 0.3) is 0 Å². The van der Waals surface area contributed by atoms with Gasteiger partial charge in [0.2, 0.25) is 11.9 Å². The molecule has 2 fully saturated rings. The molecule has 2 aliphatic rings. The number of hydrogen-bond acceptors (Lipinski definition) is 8. The van der Waals surface area contributed by atoms with E-state index in [9.17, 15) is 4.79 Å². The Morgan fingerprint density at radius 3 is 2.85 bits per heavy atom. The quantitative estimate of drug-likeness (QED) is 0.769. The molecule has 1 N–H and O–H groups in total. The highest BCUT2D eigenvalue weighted by Crippen LogP contribution is 2.42. The summed E-state index contributed by atoms with van der Waals surface area (Å²) in [5.74, 6) is 0.625. The van der Waals surface area contributed by atoms with Gasteiger partial charge in [-0.05, 0) is 36.8 Å². The molecule has 2 aliphatic heterocycles. The number of carbonyl (C=O) groups excluding carboxylic acids is 1. The fourth-order valence-corrected chi connectivity index (χ4v) is 3.55. The Hall–Kier alpha value is -2.62. The van der Waals surface area contributed by atoms with Crippen LogP contribution >= 0.6 is 0 Å². The first-order valence-electron chi connectivity index (χ1n) is 8.64. The molecular formula is C16H22N8O2. The first kappa shape index (κ1) is 16.8. The summed E-state index contributed by atoms with van der Waals surface area (Å²) in [5, 5.41) is 14.0. The Morgan fingerprint density at radius 1 is 1.38 bits per heavy atom. The van der Waals surface area contributed by atoms with Crippen molar-refractivity contribution in [2.45, 2.75) is 31.9 Å². The molecule has 0 aromatic carbocycles. The monoisotopic (exact) mass is 358 g/mol. The number of nitrogens with one attached hydrogen (secondary N) is 1. The van der Waals surface area contributed by atoms with Gasteiger partial charge >= 0.3 is 0 Å². The number of aromatic nitrogens is 6. The van der Waals surface area contributed by atoms with Crippen LogP contribution in [0, 0.1) is 5.41 Å². The minimum Gasteiger partial charge on any atom is -0.376 e. The summed E-state index contributed by atoms with van der Waals surface area (Å²) in [6.45, 7) is 6.51. The van der Waals surface area contributed by atoms with Crippen molar-refractivity contribution in [1.29, 1.82) is 0 Å². The molecule has 1 atom stereocenters. The second-order valence-corrected chi connectivity index (χ2v) is 7.57. The molecule has 26 heavy (non-hydrogen) atoms. The molecule has 0 radical (unpaired) electrons. The zero-order chi connectivity index (χ0) is 18.2. The summed E-state index contributed by atoms with van der Waals surface area (Å²) >= 11 is 0. The molecule has 0 saturated carbocycles. The van der Waals surface area contributed by atoms with E-state index in [1.165, 1.54) is 11.0 Å². The number of hydrogen-bond donors (Lipinski definition) is 1. The van der Waals surface area contributed by atoms with Gasteiger partial charge in [0.15, 0.2) is 0 Å². The van der Waals surface area contributed by atoms with E-state index in [0.717, 1.165) is 25.5 Å². The van der Waals surface area contributed by atoms with E-state index in [4.69, 9.17) is 4.74 Å². The number of ether oxygens (including phenoxy) is 1. The Morgan fingerprint density at radius 2 is 2.15 bits per heavy atom.